The van der Waals surface area contributed by atoms with E-state index in [-0.39, 0.29) is 11.8 Å². The van der Waals surface area contributed by atoms with Crippen molar-refractivity contribution >= 4 is 27.7 Å². The summed E-state index contributed by atoms with van der Waals surface area (Å²) in [7, 11) is 1.57. The molecule has 0 radical (unpaired) electrons. The van der Waals surface area contributed by atoms with Gasteiger partial charge >= 0.3 is 0 Å². The molecule has 1 atom stereocenters. The van der Waals surface area contributed by atoms with Crippen LogP contribution < -0.4 is 10.6 Å². The van der Waals surface area contributed by atoms with E-state index in [2.05, 4.69) is 31.5 Å². The van der Waals surface area contributed by atoms with Crippen molar-refractivity contribution < 1.29 is 9.59 Å². The molecule has 7 heteroatoms. The number of hydrogen-bond donors (Lipinski definition) is 2. The highest BCUT2D eigenvalue weighted by molar-refractivity contribution is 9.10. The predicted octanol–water partition coefficient (Wildman–Crippen LogP) is 0.00410. The van der Waals surface area contributed by atoms with E-state index < -0.39 is 6.04 Å². The van der Waals surface area contributed by atoms with Gasteiger partial charge in [0.05, 0.1) is 0 Å². The van der Waals surface area contributed by atoms with Gasteiger partial charge in [0.25, 0.3) is 5.91 Å². The molecule has 2 rings (SSSR count). The predicted molar refractivity (Wildman–Crippen MR) is 73.7 cm³/mol. The van der Waals surface area contributed by atoms with Crippen LogP contribution in [0.5, 0.6) is 0 Å². The van der Waals surface area contributed by atoms with E-state index in [9.17, 15) is 9.59 Å². The fraction of sp³-hybridized carbons (Fsp3) is 0.417. The molecule has 19 heavy (non-hydrogen) atoms. The van der Waals surface area contributed by atoms with Crippen LogP contribution in [0, 0.1) is 0 Å². The van der Waals surface area contributed by atoms with Crippen LogP contribution in [0.15, 0.2) is 22.8 Å². The number of amides is 2. The monoisotopic (exact) mass is 326 g/mol. The maximum absolute atomic E-state index is 12.4. The smallest absolute Gasteiger partial charge is 0.273 e. The number of piperazine rings is 1. The Morgan fingerprint density at radius 2 is 2.32 bits per heavy atom. The molecule has 0 saturated carbocycles. The number of likely N-dealkylation sites (N-methyl/N-ethyl adjacent to an activating group) is 1. The fourth-order valence-corrected chi connectivity index (χ4v) is 2.23. The first kappa shape index (κ1) is 14.0. The Morgan fingerprint density at radius 3 is 2.95 bits per heavy atom. The number of rotatable bonds is 2. The number of halogens is 1. The van der Waals surface area contributed by atoms with Crippen molar-refractivity contribution in [3.8, 4) is 0 Å². The summed E-state index contributed by atoms with van der Waals surface area (Å²) in [5.74, 6) is -0.389. The van der Waals surface area contributed by atoms with Crippen LogP contribution in [-0.4, -0.2) is 54.4 Å². The lowest BCUT2D eigenvalue weighted by atomic mass is 10.1. The molecule has 0 bridgehead atoms. The molecule has 6 nitrogen and oxygen atoms in total. The van der Waals surface area contributed by atoms with Gasteiger partial charge in [-0.3, -0.25) is 9.59 Å². The number of nitrogens with one attached hydrogen (secondary N) is 2. The average Bonchev–Trinajstić information content (AvgIpc) is 2.46. The Bertz CT molecular complexity index is 477. The van der Waals surface area contributed by atoms with Gasteiger partial charge in [-0.2, -0.15) is 0 Å². The highest BCUT2D eigenvalue weighted by Crippen LogP contribution is 2.12. The zero-order chi connectivity index (χ0) is 13.8. The minimum absolute atomic E-state index is 0.169. The van der Waals surface area contributed by atoms with Crippen LogP contribution in [0.3, 0.4) is 0 Å². The third-order valence-corrected chi connectivity index (χ3v) is 3.47. The maximum Gasteiger partial charge on any atom is 0.273 e. The van der Waals surface area contributed by atoms with Crippen LogP contribution in [0.2, 0.25) is 0 Å². The van der Waals surface area contributed by atoms with Gasteiger partial charge in [0.2, 0.25) is 5.91 Å². The third-order valence-electron chi connectivity index (χ3n) is 3.00. The molecule has 0 spiro atoms. The van der Waals surface area contributed by atoms with Crippen molar-refractivity contribution in [2.45, 2.75) is 6.04 Å². The van der Waals surface area contributed by atoms with Gasteiger partial charge in [-0.25, -0.2) is 4.98 Å². The first-order chi connectivity index (χ1) is 9.13. The highest BCUT2D eigenvalue weighted by atomic mass is 79.9. The largest absolute Gasteiger partial charge is 0.357 e. The number of carbonyl (C=O) groups is 2. The van der Waals surface area contributed by atoms with Gasteiger partial charge in [-0.05, 0) is 28.1 Å². The molecular weight excluding hydrogens is 312 g/mol. The minimum Gasteiger partial charge on any atom is -0.357 e. The van der Waals surface area contributed by atoms with Crippen molar-refractivity contribution in [3.05, 3.63) is 28.5 Å². The molecule has 1 unspecified atom stereocenters. The molecule has 1 aromatic heterocycles. The Morgan fingerprint density at radius 1 is 1.53 bits per heavy atom. The first-order valence-corrected chi connectivity index (χ1v) is 6.77. The summed E-state index contributed by atoms with van der Waals surface area (Å²) < 4.78 is 0.812. The van der Waals surface area contributed by atoms with Gasteiger partial charge in [-0.15, -0.1) is 0 Å². The lowest BCUT2D eigenvalue weighted by Gasteiger charge is -2.34. The summed E-state index contributed by atoms with van der Waals surface area (Å²) in [5, 5.41) is 5.69. The van der Waals surface area contributed by atoms with Crippen LogP contribution in [-0.2, 0) is 4.79 Å². The van der Waals surface area contributed by atoms with Crippen LogP contribution in [0.25, 0.3) is 0 Å². The minimum atomic E-state index is -0.489. The summed E-state index contributed by atoms with van der Waals surface area (Å²) in [5.41, 5.74) is 0.346. The highest BCUT2D eigenvalue weighted by Gasteiger charge is 2.32. The van der Waals surface area contributed by atoms with Crippen LogP contribution >= 0.6 is 15.9 Å². The molecule has 0 aliphatic carbocycles. The van der Waals surface area contributed by atoms with Crippen molar-refractivity contribution in [1.82, 2.24) is 20.5 Å². The molecule has 2 amide bonds. The summed E-state index contributed by atoms with van der Waals surface area (Å²) in [6, 6.07) is 2.92. The second kappa shape index (κ2) is 6.12. The van der Waals surface area contributed by atoms with E-state index in [1.807, 2.05) is 0 Å². The van der Waals surface area contributed by atoms with Crippen molar-refractivity contribution in [2.24, 2.45) is 0 Å². The molecule has 2 N–H and O–H groups in total. The number of hydrogen-bond acceptors (Lipinski definition) is 4. The molecule has 102 valence electrons. The lowest BCUT2D eigenvalue weighted by molar-refractivity contribution is -0.125. The zero-order valence-electron chi connectivity index (χ0n) is 10.5. The second-order valence-corrected chi connectivity index (χ2v) is 5.11. The van der Waals surface area contributed by atoms with Gasteiger partial charge in [-0.1, -0.05) is 0 Å². The molecule has 2 heterocycles. The van der Waals surface area contributed by atoms with E-state index in [0.29, 0.717) is 25.3 Å². The standard InChI is InChI=1S/C12H15BrN4O2/c1-14-11(18)10-7-15-4-5-17(10)12(19)9-3-2-8(13)6-16-9/h2-3,6,10,15H,4-5,7H2,1H3,(H,14,18). The van der Waals surface area contributed by atoms with E-state index in [0.717, 1.165) is 4.47 Å². The Hall–Kier alpha value is -1.47. The average molecular weight is 327 g/mol. The van der Waals surface area contributed by atoms with Crippen LogP contribution in [0.1, 0.15) is 10.5 Å². The second-order valence-electron chi connectivity index (χ2n) is 4.19. The number of nitrogens with zero attached hydrogens (tertiary/aromatic N) is 2. The normalized spacial score (nSPS) is 19.1. The molecule has 0 aromatic carbocycles. The Kier molecular flexibility index (Phi) is 4.49. The van der Waals surface area contributed by atoms with E-state index in [4.69, 9.17) is 0 Å². The van der Waals surface area contributed by atoms with Gasteiger partial charge < -0.3 is 15.5 Å². The zero-order valence-corrected chi connectivity index (χ0v) is 12.1. The molecule has 1 aromatic rings. The van der Waals surface area contributed by atoms with E-state index in [1.54, 1.807) is 30.3 Å². The Balaban J connectivity index is 2.20. The number of carbonyl (C=O) groups excluding carboxylic acids is 2. The SMILES string of the molecule is CNC(=O)C1CNCCN1C(=O)c1ccc(Br)cn1. The first-order valence-electron chi connectivity index (χ1n) is 5.98. The van der Waals surface area contributed by atoms with Crippen molar-refractivity contribution in [3.63, 3.8) is 0 Å². The molecule has 1 saturated heterocycles. The van der Waals surface area contributed by atoms with Crippen molar-refractivity contribution in [2.75, 3.05) is 26.7 Å². The number of aromatic nitrogens is 1. The molecular formula is C12H15BrN4O2. The maximum atomic E-state index is 12.4. The molecule has 1 aliphatic rings. The summed E-state index contributed by atoms with van der Waals surface area (Å²) in [4.78, 5) is 29.8. The topological polar surface area (TPSA) is 74.3 Å². The fourth-order valence-electron chi connectivity index (χ4n) is 2.00. The Labute approximate surface area is 119 Å². The van der Waals surface area contributed by atoms with E-state index >= 15 is 0 Å². The number of pyridine rings is 1. The van der Waals surface area contributed by atoms with Crippen molar-refractivity contribution in [1.29, 1.82) is 0 Å². The van der Waals surface area contributed by atoms with Gasteiger partial charge in [0.15, 0.2) is 0 Å². The van der Waals surface area contributed by atoms with E-state index in [1.165, 1.54) is 0 Å². The van der Waals surface area contributed by atoms with Gasteiger partial charge in [0.1, 0.15) is 11.7 Å². The lowest BCUT2D eigenvalue weighted by Crippen LogP contribution is -2.59. The molecule has 1 fully saturated rings. The summed E-state index contributed by atoms with van der Waals surface area (Å²) in [6.45, 7) is 1.63. The quantitative estimate of drug-likeness (QED) is 0.802. The third kappa shape index (κ3) is 3.10. The van der Waals surface area contributed by atoms with Crippen LogP contribution in [0.4, 0.5) is 0 Å². The molecule has 1 aliphatic heterocycles. The summed E-state index contributed by atoms with van der Waals surface area (Å²) in [6.07, 6.45) is 1.57. The van der Waals surface area contributed by atoms with Gasteiger partial charge in [0, 0.05) is 37.4 Å². The summed E-state index contributed by atoms with van der Waals surface area (Å²) >= 11 is 3.28.